The van der Waals surface area contributed by atoms with E-state index in [-0.39, 0.29) is 5.56 Å². The summed E-state index contributed by atoms with van der Waals surface area (Å²) in [5, 5.41) is 0.386. The van der Waals surface area contributed by atoms with Gasteiger partial charge in [-0.15, -0.1) is 11.6 Å². The van der Waals surface area contributed by atoms with Crippen molar-refractivity contribution in [2.24, 2.45) is 0 Å². The first-order valence-corrected chi connectivity index (χ1v) is 6.61. The van der Waals surface area contributed by atoms with Gasteiger partial charge in [-0.3, -0.25) is 4.79 Å². The Morgan fingerprint density at radius 2 is 2.10 bits per heavy atom. The molecule has 1 aromatic heterocycles. The first-order chi connectivity index (χ1) is 9.76. The normalized spacial score (nSPS) is 10.7. The van der Waals surface area contributed by atoms with Crippen molar-refractivity contribution in [3.05, 3.63) is 28.8 Å². The highest BCUT2D eigenvalue weighted by atomic mass is 35.5. The number of benzene rings is 1. The van der Waals surface area contributed by atoms with Crippen LogP contribution in [0.25, 0.3) is 10.9 Å². The highest BCUT2D eigenvalue weighted by Gasteiger charge is 2.11. The number of nitrogens with zero attached hydrogens (tertiary/aromatic N) is 1. The van der Waals surface area contributed by atoms with Crippen LogP contribution in [0.5, 0.6) is 11.5 Å². The van der Waals surface area contributed by atoms with Crippen LogP contribution < -0.4 is 15.0 Å². The lowest BCUT2D eigenvalue weighted by atomic mass is 10.2. The molecule has 0 atom stereocenters. The SMILES string of the molecule is COCCOc1cc(OCCCl)c2c(=O)[nH]cnc2c1. The van der Waals surface area contributed by atoms with Gasteiger partial charge in [-0.2, -0.15) is 0 Å². The maximum Gasteiger partial charge on any atom is 0.262 e. The van der Waals surface area contributed by atoms with E-state index >= 15 is 0 Å². The summed E-state index contributed by atoms with van der Waals surface area (Å²) in [6.07, 6.45) is 1.34. The Labute approximate surface area is 120 Å². The Hall–Kier alpha value is -1.79. The Morgan fingerprint density at radius 1 is 1.25 bits per heavy atom. The molecule has 0 saturated heterocycles. The third-order valence-corrected chi connectivity index (χ3v) is 2.73. The monoisotopic (exact) mass is 298 g/mol. The molecule has 0 saturated carbocycles. The highest BCUT2D eigenvalue weighted by molar-refractivity contribution is 6.18. The number of aromatic amines is 1. The maximum atomic E-state index is 11.9. The van der Waals surface area contributed by atoms with Crippen LogP contribution in [-0.2, 0) is 4.74 Å². The largest absolute Gasteiger partial charge is 0.491 e. The molecule has 0 bridgehead atoms. The fourth-order valence-corrected chi connectivity index (χ4v) is 1.80. The molecule has 2 rings (SSSR count). The van der Waals surface area contributed by atoms with Gasteiger partial charge in [0.25, 0.3) is 5.56 Å². The van der Waals surface area contributed by atoms with Crippen molar-refractivity contribution in [1.29, 1.82) is 0 Å². The second kappa shape index (κ2) is 7.12. The van der Waals surface area contributed by atoms with Crippen LogP contribution in [0.3, 0.4) is 0 Å². The molecule has 1 aromatic carbocycles. The molecule has 2 aromatic rings. The van der Waals surface area contributed by atoms with E-state index in [1.165, 1.54) is 6.33 Å². The molecule has 0 radical (unpaired) electrons. The molecular weight excluding hydrogens is 284 g/mol. The Balaban J connectivity index is 2.39. The van der Waals surface area contributed by atoms with Gasteiger partial charge in [0.2, 0.25) is 0 Å². The average molecular weight is 299 g/mol. The molecule has 0 aliphatic rings. The summed E-state index contributed by atoms with van der Waals surface area (Å²) >= 11 is 5.61. The minimum Gasteiger partial charge on any atom is -0.491 e. The predicted octanol–water partition coefficient (Wildman–Crippen LogP) is 1.57. The van der Waals surface area contributed by atoms with Gasteiger partial charge >= 0.3 is 0 Å². The van der Waals surface area contributed by atoms with Gasteiger partial charge in [0, 0.05) is 19.2 Å². The topological polar surface area (TPSA) is 73.4 Å². The number of rotatable bonds is 7. The van der Waals surface area contributed by atoms with Gasteiger partial charge in [0.05, 0.1) is 24.3 Å². The molecule has 1 heterocycles. The molecule has 0 aliphatic carbocycles. The molecule has 0 unspecified atom stereocenters. The second-order valence-corrected chi connectivity index (χ2v) is 4.30. The van der Waals surface area contributed by atoms with Gasteiger partial charge in [0.15, 0.2) is 0 Å². The van der Waals surface area contributed by atoms with E-state index < -0.39 is 0 Å². The van der Waals surface area contributed by atoms with E-state index in [4.69, 9.17) is 25.8 Å². The average Bonchev–Trinajstić information content (AvgIpc) is 2.45. The standard InChI is InChI=1S/C13H15ClN2O4/c1-18-4-5-19-9-6-10-12(13(17)16-8-15-10)11(7-9)20-3-2-14/h6-8H,2-5H2,1H3,(H,15,16,17). The van der Waals surface area contributed by atoms with Crippen LogP contribution >= 0.6 is 11.6 Å². The minimum absolute atomic E-state index is 0.261. The van der Waals surface area contributed by atoms with E-state index in [9.17, 15) is 4.79 Å². The summed E-state index contributed by atoms with van der Waals surface area (Å²) in [7, 11) is 1.60. The van der Waals surface area contributed by atoms with Crippen molar-refractivity contribution >= 4 is 22.5 Å². The van der Waals surface area contributed by atoms with E-state index in [0.29, 0.717) is 48.1 Å². The minimum atomic E-state index is -0.261. The van der Waals surface area contributed by atoms with Crippen molar-refractivity contribution in [2.75, 3.05) is 32.8 Å². The lowest BCUT2D eigenvalue weighted by Gasteiger charge is -2.11. The maximum absolute atomic E-state index is 11.9. The number of alkyl halides is 1. The fraction of sp³-hybridized carbons (Fsp3) is 0.385. The van der Waals surface area contributed by atoms with E-state index in [0.717, 1.165) is 0 Å². The van der Waals surface area contributed by atoms with Crippen molar-refractivity contribution in [3.63, 3.8) is 0 Å². The summed E-state index contributed by atoms with van der Waals surface area (Å²) < 4.78 is 15.9. The number of nitrogens with one attached hydrogen (secondary N) is 1. The van der Waals surface area contributed by atoms with E-state index in [1.54, 1.807) is 19.2 Å². The van der Waals surface area contributed by atoms with Crippen LogP contribution in [0, 0.1) is 0 Å². The third-order valence-electron chi connectivity index (χ3n) is 2.57. The molecule has 0 fully saturated rings. The van der Waals surface area contributed by atoms with Crippen LogP contribution in [0.15, 0.2) is 23.3 Å². The fourth-order valence-electron chi connectivity index (χ4n) is 1.73. The summed E-state index contributed by atoms with van der Waals surface area (Å²) in [5.41, 5.74) is 0.247. The highest BCUT2D eigenvalue weighted by Crippen LogP contribution is 2.27. The van der Waals surface area contributed by atoms with Crippen molar-refractivity contribution < 1.29 is 14.2 Å². The van der Waals surface area contributed by atoms with Crippen LogP contribution in [0.1, 0.15) is 0 Å². The summed E-state index contributed by atoms with van der Waals surface area (Å²) in [4.78, 5) is 18.5. The summed E-state index contributed by atoms with van der Waals surface area (Å²) in [6, 6.07) is 3.34. The van der Waals surface area contributed by atoms with Gasteiger partial charge in [-0.25, -0.2) is 4.98 Å². The molecule has 6 nitrogen and oxygen atoms in total. The quantitative estimate of drug-likeness (QED) is 0.620. The van der Waals surface area contributed by atoms with Crippen LogP contribution in [0.4, 0.5) is 0 Å². The molecule has 0 spiro atoms. The van der Waals surface area contributed by atoms with Crippen molar-refractivity contribution in [1.82, 2.24) is 9.97 Å². The van der Waals surface area contributed by atoms with E-state index in [2.05, 4.69) is 9.97 Å². The van der Waals surface area contributed by atoms with Crippen molar-refractivity contribution in [2.45, 2.75) is 0 Å². The van der Waals surface area contributed by atoms with Crippen molar-refractivity contribution in [3.8, 4) is 11.5 Å². The lowest BCUT2D eigenvalue weighted by molar-refractivity contribution is 0.146. The second-order valence-electron chi connectivity index (χ2n) is 3.93. The first kappa shape index (κ1) is 14.6. The smallest absolute Gasteiger partial charge is 0.262 e. The molecule has 108 valence electrons. The Bertz CT molecular complexity index is 629. The van der Waals surface area contributed by atoms with Gasteiger partial charge in [-0.05, 0) is 0 Å². The summed E-state index contributed by atoms with van der Waals surface area (Å²) in [5.74, 6) is 1.30. The molecule has 7 heteroatoms. The van der Waals surface area contributed by atoms with Gasteiger partial charge in [0.1, 0.15) is 30.1 Å². The number of methoxy groups -OCH3 is 1. The number of hydrogen-bond donors (Lipinski definition) is 1. The molecule has 1 N–H and O–H groups in total. The van der Waals surface area contributed by atoms with Gasteiger partial charge < -0.3 is 19.2 Å². The first-order valence-electron chi connectivity index (χ1n) is 6.08. The molecule has 0 amide bonds. The molecular formula is C13H15ClN2O4. The van der Waals surface area contributed by atoms with Gasteiger partial charge in [-0.1, -0.05) is 0 Å². The number of H-pyrrole nitrogens is 1. The number of hydrogen-bond acceptors (Lipinski definition) is 5. The number of halogens is 1. The lowest BCUT2D eigenvalue weighted by Crippen LogP contribution is -2.10. The molecule has 20 heavy (non-hydrogen) atoms. The van der Waals surface area contributed by atoms with Crippen LogP contribution in [-0.4, -0.2) is 42.8 Å². The number of ether oxygens (including phenoxy) is 3. The molecule has 0 aliphatic heterocycles. The van der Waals surface area contributed by atoms with Crippen LogP contribution in [0.2, 0.25) is 0 Å². The summed E-state index contributed by atoms with van der Waals surface area (Å²) in [6.45, 7) is 1.17. The Kier molecular flexibility index (Phi) is 5.20. The zero-order valence-electron chi connectivity index (χ0n) is 11.0. The Morgan fingerprint density at radius 3 is 2.85 bits per heavy atom. The zero-order valence-corrected chi connectivity index (χ0v) is 11.8. The van der Waals surface area contributed by atoms with E-state index in [1.807, 2.05) is 0 Å². The number of aromatic nitrogens is 2. The zero-order chi connectivity index (χ0) is 14.4. The number of fused-ring (bicyclic) bond motifs is 1. The predicted molar refractivity (Wildman–Crippen MR) is 75.9 cm³/mol. The third kappa shape index (κ3) is 3.40.